The lowest BCUT2D eigenvalue weighted by Gasteiger charge is -2.35. The Labute approximate surface area is 701 Å². The molecule has 0 atom stereocenters. The van der Waals surface area contributed by atoms with Crippen LogP contribution in [0.5, 0.6) is 0 Å². The lowest BCUT2D eigenvalue weighted by Crippen LogP contribution is -2.74. The first-order valence-corrected chi connectivity index (χ1v) is 45.9. The van der Waals surface area contributed by atoms with Gasteiger partial charge in [0.15, 0.2) is 27.3 Å². The highest BCUT2D eigenvalue weighted by molar-refractivity contribution is 7.20. The topological polar surface area (TPSA) is 32.8 Å². The molecule has 20 rings (SSSR count). The molecule has 582 valence electrons. The Hall–Kier alpha value is -13.5. The summed E-state index contributed by atoms with van der Waals surface area (Å²) in [6.45, 7) is 22.0. The predicted molar refractivity (Wildman–Crippen MR) is 509 cm³/mol. The number of benzene rings is 18. The second kappa shape index (κ2) is 29.8. The van der Waals surface area contributed by atoms with Crippen molar-refractivity contribution < 1.29 is 17.6 Å². The fraction of sp³-hybridized carbons (Fsp3) is 0.107. The molecule has 0 spiro atoms. The third-order valence-corrected chi connectivity index (χ3v) is 35.0. The van der Waals surface area contributed by atoms with Crippen LogP contribution in [0.1, 0.15) is 84.0 Å². The number of halogens is 2. The van der Waals surface area contributed by atoms with Crippen LogP contribution in [0.4, 0.5) is 42.9 Å². The summed E-state index contributed by atoms with van der Waals surface area (Å²) >= 11 is 0. The number of anilines is 6. The number of para-hydroxylation sites is 6. The molecule has 0 fully saturated rings. The molecule has 120 heavy (non-hydrogen) atoms. The highest BCUT2D eigenvalue weighted by Crippen LogP contribution is 2.56. The smallest absolute Gasteiger partial charge is 0.179 e. The lowest BCUT2D eigenvalue weighted by molar-refractivity contribution is 0.628. The van der Waals surface area contributed by atoms with Crippen LogP contribution in [-0.2, 0) is 0 Å². The summed E-state index contributed by atoms with van der Waals surface area (Å²) < 4.78 is 53.0. The Bertz CT molecular complexity index is 6710. The zero-order valence-electron chi connectivity index (χ0n) is 69.1. The van der Waals surface area contributed by atoms with Gasteiger partial charge in [0.1, 0.15) is 22.8 Å². The maximum Gasteiger partial charge on any atom is 0.179 e. The van der Waals surface area contributed by atoms with Gasteiger partial charge in [0.05, 0.1) is 34.1 Å². The summed E-state index contributed by atoms with van der Waals surface area (Å²) in [4.78, 5) is 4.36. The number of aryl methyl sites for hydroxylation is 6. The van der Waals surface area contributed by atoms with E-state index >= 15 is 8.78 Å². The first-order chi connectivity index (χ1) is 58.4. The second-order valence-electron chi connectivity index (χ2n) is 33.7. The number of hydrogen-bond donors (Lipinski definition) is 0. The van der Waals surface area contributed by atoms with Gasteiger partial charge in [-0.15, -0.1) is 0 Å². The molecule has 0 amide bonds. The van der Waals surface area contributed by atoms with Gasteiger partial charge in [-0.25, -0.2) is 8.78 Å². The molecular weight excluding hydrogens is 1500 g/mol. The summed E-state index contributed by atoms with van der Waals surface area (Å²) in [6.07, 6.45) is 0. The van der Waals surface area contributed by atoms with E-state index < -0.39 is 27.8 Å². The van der Waals surface area contributed by atoms with E-state index in [4.69, 9.17) is 8.83 Å². The van der Waals surface area contributed by atoms with Crippen LogP contribution in [-0.4, -0.2) is 16.1 Å². The van der Waals surface area contributed by atoms with E-state index in [2.05, 4.69) is 370 Å². The van der Waals surface area contributed by atoms with Crippen molar-refractivity contribution in [1.82, 2.24) is 0 Å². The van der Waals surface area contributed by atoms with Gasteiger partial charge in [0.2, 0.25) is 0 Å². The van der Waals surface area contributed by atoms with Crippen LogP contribution in [0.3, 0.4) is 0 Å². The molecule has 0 N–H and O–H groups in total. The van der Waals surface area contributed by atoms with Gasteiger partial charge in [-0.1, -0.05) is 364 Å². The van der Waals surface area contributed by atoms with E-state index in [1.54, 1.807) is 12.1 Å². The molecule has 0 aliphatic carbocycles. The highest BCUT2D eigenvalue weighted by Gasteiger charge is 2.44. The Balaban J connectivity index is 0.868. The maximum absolute atomic E-state index is 19.3. The van der Waals surface area contributed by atoms with Crippen molar-refractivity contribution in [2.45, 2.75) is 81.1 Å². The highest BCUT2D eigenvalue weighted by atomic mass is 28.3. The maximum atomic E-state index is 19.3. The zero-order chi connectivity index (χ0) is 82.0. The Morgan fingerprint density at radius 3 is 0.867 bits per heavy atom. The number of rotatable bonds is 18. The minimum Gasteiger partial charge on any atom is -0.454 e. The SMILES string of the molecule is Cc1ccc([Si](c2ccc(C)cc2)(c2ccc(C)cc2)c2cccc(-c3cccc(F)c3N(c3cc(C(C)C)c4ccc5c(N(c6c(F)cccc6-c6cccc([Si](c7ccc(C)cc7)(c7ccc(C)cc7)c7ccc(C)cc7)c6)c6cccc7c6oc6ccccc67)cc(C(C)C)c6ccc3c4c65)c3cccc4c3oc3ccccc34)c2)cc1. The van der Waals surface area contributed by atoms with E-state index in [1.165, 1.54) is 74.9 Å². The normalized spacial score (nSPS) is 12.2. The molecule has 2 heterocycles. The van der Waals surface area contributed by atoms with Crippen molar-refractivity contribution in [3.05, 3.63) is 408 Å². The van der Waals surface area contributed by atoms with Crippen molar-refractivity contribution in [3.63, 3.8) is 0 Å². The first-order valence-electron chi connectivity index (χ1n) is 41.9. The molecule has 0 aliphatic heterocycles. The monoisotopic (exact) mass is 1590 g/mol. The van der Waals surface area contributed by atoms with Crippen molar-refractivity contribution in [3.8, 4) is 22.3 Å². The number of fused-ring (bicyclic) bond motifs is 6. The van der Waals surface area contributed by atoms with Gasteiger partial charge in [-0.3, -0.25) is 0 Å². The van der Waals surface area contributed by atoms with E-state index in [0.717, 1.165) is 98.7 Å². The molecule has 0 radical (unpaired) electrons. The summed E-state index contributed by atoms with van der Waals surface area (Å²) in [5.41, 5.74) is 18.8. The molecule has 20 aromatic rings. The second-order valence-corrected chi connectivity index (χ2v) is 41.3. The third-order valence-electron chi connectivity index (χ3n) is 25.4. The van der Waals surface area contributed by atoms with Crippen LogP contribution < -0.4 is 51.3 Å². The van der Waals surface area contributed by atoms with Crippen LogP contribution in [0.15, 0.2) is 361 Å². The molecule has 4 nitrogen and oxygen atoms in total. The fourth-order valence-electron chi connectivity index (χ4n) is 19.5. The molecular formula is C112H90F2N2O2Si2. The molecule has 2 aromatic heterocycles. The summed E-state index contributed by atoms with van der Waals surface area (Å²) in [5, 5.41) is 19.5. The van der Waals surface area contributed by atoms with Gasteiger partial charge in [-0.05, 0) is 187 Å². The predicted octanol–water partition coefficient (Wildman–Crippen LogP) is 25.8. The van der Waals surface area contributed by atoms with E-state index in [1.807, 2.05) is 48.5 Å². The first kappa shape index (κ1) is 75.3. The van der Waals surface area contributed by atoms with Crippen molar-refractivity contribution in [2.24, 2.45) is 0 Å². The summed E-state index contributed by atoms with van der Waals surface area (Å²) in [5.74, 6) is -0.877. The quantitative estimate of drug-likeness (QED) is 0.0487. The van der Waals surface area contributed by atoms with Gasteiger partial charge >= 0.3 is 0 Å². The molecule has 0 saturated carbocycles. The fourth-order valence-corrected chi connectivity index (χ4v) is 28.9. The zero-order valence-corrected chi connectivity index (χ0v) is 71.1. The molecule has 8 heteroatoms. The Morgan fingerprint density at radius 1 is 0.250 bits per heavy atom. The van der Waals surface area contributed by atoms with E-state index in [9.17, 15) is 0 Å². The molecule has 0 saturated heterocycles. The summed E-state index contributed by atoms with van der Waals surface area (Å²) in [7, 11) is -6.37. The van der Waals surface area contributed by atoms with Crippen molar-refractivity contribution in [2.75, 3.05) is 9.80 Å². The lowest BCUT2D eigenvalue weighted by atomic mass is 9.83. The average molecular weight is 1590 g/mol. The van der Waals surface area contributed by atoms with Gasteiger partial charge in [0.25, 0.3) is 0 Å². The van der Waals surface area contributed by atoms with Crippen LogP contribution in [0, 0.1) is 53.2 Å². The van der Waals surface area contributed by atoms with Crippen LogP contribution in [0.2, 0.25) is 0 Å². The van der Waals surface area contributed by atoms with Crippen molar-refractivity contribution in [1.29, 1.82) is 0 Å². The Morgan fingerprint density at radius 2 is 0.542 bits per heavy atom. The standard InChI is InChI=1S/C112H90F2N2O2Si2/c1-69(2)97-67-103(115(101-33-19-29-93-89-25-11-13-35-105(89)117-111(93)101)109-87(27-17-31-99(109)113)77-21-15-23-85(65-77)119(79-49-37-71(5)38-50-79,80-51-39-72(6)40-52-80)81-53-41-73(7)42-54-81)95-64-62-92-98(70(3)4)68-104(96-63-61-91(97)107(95)108(92)96)116(102-34-20-30-94-90-26-12-14-36-106(90)118-112(94)102)110-88(28-18-32-100(110)114)78-22-16-24-86(66-78)120(82-55-43-74(8)44-56-82,83-57-45-75(9)46-58-83)84-59-47-76(10)48-60-84/h11-70H,1-10H3. The van der Waals surface area contributed by atoms with Crippen LogP contribution in [0.25, 0.3) is 98.4 Å². The molecule has 0 aliphatic rings. The summed E-state index contributed by atoms with van der Waals surface area (Å²) in [6, 6.07) is 127. The Kier molecular flexibility index (Phi) is 18.7. The minimum atomic E-state index is -3.18. The minimum absolute atomic E-state index is 0.0369. The van der Waals surface area contributed by atoms with Gasteiger partial charge < -0.3 is 18.6 Å². The molecule has 0 bridgehead atoms. The number of hydrogen-bond acceptors (Lipinski definition) is 4. The van der Waals surface area contributed by atoms with E-state index in [0.29, 0.717) is 45.0 Å². The average Bonchev–Trinajstić information content (AvgIpc) is 0.774. The largest absolute Gasteiger partial charge is 0.454 e. The third kappa shape index (κ3) is 12.2. The number of nitrogens with zero attached hydrogens (tertiary/aromatic N) is 2. The molecule has 18 aromatic carbocycles. The molecule has 0 unspecified atom stereocenters. The van der Waals surface area contributed by atoms with E-state index in [-0.39, 0.29) is 11.8 Å². The van der Waals surface area contributed by atoms with Gasteiger partial charge in [-0.2, -0.15) is 0 Å². The van der Waals surface area contributed by atoms with Crippen LogP contribution >= 0.6 is 0 Å². The van der Waals surface area contributed by atoms with Gasteiger partial charge in [0, 0.05) is 43.4 Å². The number of furan rings is 2. The van der Waals surface area contributed by atoms with Crippen molar-refractivity contribution >= 4 is 168 Å².